The first-order valence-electron chi connectivity index (χ1n) is 8.37. The van der Waals surface area contributed by atoms with Crippen molar-refractivity contribution in [3.8, 4) is 28.8 Å². The van der Waals surface area contributed by atoms with Crippen molar-refractivity contribution in [3.63, 3.8) is 0 Å². The van der Waals surface area contributed by atoms with Crippen molar-refractivity contribution in [2.45, 2.75) is 6.18 Å². The Morgan fingerprint density at radius 1 is 0.800 bits per heavy atom. The van der Waals surface area contributed by atoms with Gasteiger partial charge in [0.05, 0.1) is 11.3 Å². The zero-order valence-electron chi connectivity index (χ0n) is 14.8. The third-order valence-corrected chi connectivity index (χ3v) is 3.85. The van der Waals surface area contributed by atoms with E-state index in [4.69, 9.17) is 4.74 Å². The Balaban J connectivity index is 1.60. The molecule has 4 aromatic heterocycles. The fourth-order valence-corrected chi connectivity index (χ4v) is 2.52. The van der Waals surface area contributed by atoms with E-state index >= 15 is 0 Å². The van der Waals surface area contributed by atoms with E-state index in [1.807, 2.05) is 0 Å². The first-order valence-corrected chi connectivity index (χ1v) is 8.37. The summed E-state index contributed by atoms with van der Waals surface area (Å²) in [5.74, 6) is -1.83. The zero-order valence-corrected chi connectivity index (χ0v) is 14.8. The molecule has 0 N–H and O–H groups in total. The largest absolute Gasteiger partial charge is 0.435 e. The molecule has 0 saturated carbocycles. The Morgan fingerprint density at radius 2 is 1.53 bits per heavy atom. The molecule has 4 heterocycles. The van der Waals surface area contributed by atoms with Crippen LogP contribution in [0.1, 0.15) is 5.69 Å². The molecule has 0 atom stereocenters. The molecule has 0 aliphatic heterocycles. The van der Waals surface area contributed by atoms with Gasteiger partial charge in [-0.25, -0.2) is 9.67 Å². The second-order valence-electron chi connectivity index (χ2n) is 5.91. The molecule has 0 aliphatic carbocycles. The van der Waals surface area contributed by atoms with Crippen molar-refractivity contribution >= 4 is 0 Å². The molecule has 0 unspecified atom stereocenters. The van der Waals surface area contributed by atoms with Crippen LogP contribution in [0.15, 0.2) is 60.8 Å². The lowest BCUT2D eigenvalue weighted by molar-refractivity contribution is -0.141. The van der Waals surface area contributed by atoms with Crippen molar-refractivity contribution in [1.82, 2.24) is 24.7 Å². The average Bonchev–Trinajstić information content (AvgIpc) is 3.19. The van der Waals surface area contributed by atoms with Gasteiger partial charge in [0.15, 0.2) is 11.5 Å². The molecule has 0 bridgehead atoms. The fraction of sp³-hybridized carbons (Fsp3) is 0.0526. The number of halogens is 5. The summed E-state index contributed by atoms with van der Waals surface area (Å²) in [4.78, 5) is 11.3. The van der Waals surface area contributed by atoms with E-state index in [0.29, 0.717) is 0 Å². The molecule has 4 rings (SSSR count). The Morgan fingerprint density at radius 3 is 2.23 bits per heavy atom. The molecule has 30 heavy (non-hydrogen) atoms. The lowest BCUT2D eigenvalue weighted by Crippen LogP contribution is -2.08. The maximum absolute atomic E-state index is 13.9. The number of hydrogen-bond donors (Lipinski definition) is 0. The van der Waals surface area contributed by atoms with Gasteiger partial charge in [-0.2, -0.15) is 37.0 Å². The van der Waals surface area contributed by atoms with Gasteiger partial charge < -0.3 is 4.74 Å². The molecule has 152 valence electrons. The third kappa shape index (κ3) is 4.09. The summed E-state index contributed by atoms with van der Waals surface area (Å²) in [6.45, 7) is 0. The summed E-state index contributed by atoms with van der Waals surface area (Å²) in [6, 6.07) is 11.9. The first kappa shape index (κ1) is 19.4. The summed E-state index contributed by atoms with van der Waals surface area (Å²) in [6.07, 6.45) is -3.45. The van der Waals surface area contributed by atoms with E-state index in [-0.39, 0.29) is 28.8 Å². The number of hydrogen-bond acceptors (Lipinski definition) is 5. The van der Waals surface area contributed by atoms with Gasteiger partial charge >= 0.3 is 6.18 Å². The number of nitrogens with zero attached hydrogens (tertiary/aromatic N) is 5. The summed E-state index contributed by atoms with van der Waals surface area (Å²) in [5, 5.41) is 3.45. The highest BCUT2D eigenvalue weighted by molar-refractivity contribution is 5.59. The van der Waals surface area contributed by atoms with Crippen LogP contribution in [0.4, 0.5) is 22.0 Å². The maximum atomic E-state index is 13.9. The van der Waals surface area contributed by atoms with Gasteiger partial charge in [-0.15, -0.1) is 0 Å². The van der Waals surface area contributed by atoms with Crippen LogP contribution < -0.4 is 4.74 Å². The smallest absolute Gasteiger partial charge is 0.421 e. The van der Waals surface area contributed by atoms with Crippen LogP contribution in [0.25, 0.3) is 17.1 Å². The van der Waals surface area contributed by atoms with Crippen LogP contribution in [0, 0.1) is 11.9 Å². The van der Waals surface area contributed by atoms with E-state index in [1.165, 1.54) is 42.5 Å². The van der Waals surface area contributed by atoms with Crippen molar-refractivity contribution in [2.24, 2.45) is 0 Å². The molecule has 6 nitrogen and oxygen atoms in total. The highest BCUT2D eigenvalue weighted by Gasteiger charge is 2.33. The van der Waals surface area contributed by atoms with E-state index in [0.717, 1.165) is 23.0 Å². The maximum Gasteiger partial charge on any atom is 0.435 e. The van der Waals surface area contributed by atoms with Gasteiger partial charge in [0.1, 0.15) is 0 Å². The number of alkyl halides is 3. The molecule has 0 fully saturated rings. The van der Waals surface area contributed by atoms with Crippen LogP contribution in [-0.2, 0) is 6.18 Å². The average molecular weight is 419 g/mol. The molecule has 0 radical (unpaired) electrons. The Bertz CT molecular complexity index is 1210. The summed E-state index contributed by atoms with van der Waals surface area (Å²) < 4.78 is 71.6. The van der Waals surface area contributed by atoms with Crippen molar-refractivity contribution < 1.29 is 26.7 Å². The summed E-state index contributed by atoms with van der Waals surface area (Å²) in [7, 11) is 0. The molecule has 0 aliphatic rings. The minimum atomic E-state index is -4.58. The predicted octanol–water partition coefficient (Wildman–Crippen LogP) is 4.81. The topological polar surface area (TPSA) is 65.7 Å². The van der Waals surface area contributed by atoms with E-state index in [1.54, 1.807) is 0 Å². The Labute approximate surface area is 165 Å². The van der Waals surface area contributed by atoms with Gasteiger partial charge in [0.2, 0.25) is 23.7 Å². The molecular formula is C19H10F5N5O. The number of ether oxygens (including phenoxy) is 1. The van der Waals surface area contributed by atoms with Gasteiger partial charge in [0.25, 0.3) is 0 Å². The Kier molecular flexibility index (Phi) is 4.86. The minimum Gasteiger partial charge on any atom is -0.421 e. The van der Waals surface area contributed by atoms with Gasteiger partial charge in [0, 0.05) is 18.3 Å². The van der Waals surface area contributed by atoms with Crippen LogP contribution in [0.3, 0.4) is 0 Å². The standard InChI is InChI=1S/C19H10F5N5O/c20-14-8-7-11(18(21)26-14)12-3-1-5-16(25-12)30-17-6-2-4-15(27-17)29-10-9-13(28-29)19(22,23)24/h1-10H. The van der Waals surface area contributed by atoms with Crippen LogP contribution >= 0.6 is 0 Å². The molecule has 0 spiro atoms. The number of rotatable bonds is 4. The lowest BCUT2D eigenvalue weighted by atomic mass is 10.2. The van der Waals surface area contributed by atoms with Gasteiger partial charge in [-0.1, -0.05) is 12.1 Å². The predicted molar refractivity (Wildman–Crippen MR) is 93.8 cm³/mol. The molecular weight excluding hydrogens is 409 g/mol. The number of pyridine rings is 3. The highest BCUT2D eigenvalue weighted by atomic mass is 19.4. The highest BCUT2D eigenvalue weighted by Crippen LogP contribution is 2.28. The first-order chi connectivity index (χ1) is 14.3. The second kappa shape index (κ2) is 7.50. The van der Waals surface area contributed by atoms with E-state index < -0.39 is 23.8 Å². The van der Waals surface area contributed by atoms with Crippen molar-refractivity contribution in [2.75, 3.05) is 0 Å². The molecule has 4 aromatic rings. The van der Waals surface area contributed by atoms with Gasteiger partial charge in [-0.05, 0) is 30.3 Å². The monoisotopic (exact) mass is 419 g/mol. The SMILES string of the molecule is Fc1ccc(-c2cccc(Oc3cccc(-n4ccc(C(F)(F)F)n4)n3)n2)c(F)n1. The molecule has 11 heteroatoms. The quantitative estimate of drug-likeness (QED) is 0.351. The lowest BCUT2D eigenvalue weighted by Gasteiger charge is -2.08. The van der Waals surface area contributed by atoms with E-state index in [9.17, 15) is 22.0 Å². The molecule has 0 amide bonds. The van der Waals surface area contributed by atoms with Crippen molar-refractivity contribution in [1.29, 1.82) is 0 Å². The molecule has 0 saturated heterocycles. The normalized spacial score (nSPS) is 11.5. The third-order valence-electron chi connectivity index (χ3n) is 3.85. The van der Waals surface area contributed by atoms with Crippen LogP contribution in [0.5, 0.6) is 11.8 Å². The second-order valence-corrected chi connectivity index (χ2v) is 5.91. The zero-order chi connectivity index (χ0) is 21.3. The summed E-state index contributed by atoms with van der Waals surface area (Å²) >= 11 is 0. The van der Waals surface area contributed by atoms with Gasteiger partial charge in [-0.3, -0.25) is 0 Å². The van der Waals surface area contributed by atoms with Crippen molar-refractivity contribution in [3.05, 3.63) is 78.4 Å². The minimum absolute atomic E-state index is 0.0268. The summed E-state index contributed by atoms with van der Waals surface area (Å²) in [5.41, 5.74) is -0.935. The molecule has 0 aromatic carbocycles. The number of aromatic nitrogens is 5. The Hall–Kier alpha value is -3.89. The van der Waals surface area contributed by atoms with Crippen LogP contribution in [-0.4, -0.2) is 24.7 Å². The van der Waals surface area contributed by atoms with Crippen LogP contribution in [0.2, 0.25) is 0 Å². The van der Waals surface area contributed by atoms with E-state index in [2.05, 4.69) is 20.1 Å². The fourth-order valence-electron chi connectivity index (χ4n) is 2.52.